The van der Waals surface area contributed by atoms with Crippen molar-refractivity contribution in [2.24, 2.45) is 0 Å². The van der Waals surface area contributed by atoms with E-state index in [1.165, 1.54) is 18.2 Å². The highest BCUT2D eigenvalue weighted by molar-refractivity contribution is 6.32. The van der Waals surface area contributed by atoms with Crippen molar-refractivity contribution in [1.29, 1.82) is 0 Å². The van der Waals surface area contributed by atoms with Crippen LogP contribution in [0.1, 0.15) is 15.9 Å². The molecule has 2 aromatic rings. The van der Waals surface area contributed by atoms with Gasteiger partial charge in [-0.1, -0.05) is 23.2 Å². The van der Waals surface area contributed by atoms with Gasteiger partial charge in [0.25, 0.3) is 0 Å². The van der Waals surface area contributed by atoms with Gasteiger partial charge in [0.2, 0.25) is 0 Å². The first-order chi connectivity index (χ1) is 10.2. The third-order valence-corrected chi connectivity index (χ3v) is 3.27. The van der Waals surface area contributed by atoms with Gasteiger partial charge in [-0.15, -0.1) is 0 Å². The van der Waals surface area contributed by atoms with Gasteiger partial charge in [0.05, 0.1) is 21.2 Å². The van der Waals surface area contributed by atoms with Crippen LogP contribution in [0, 0.1) is 0 Å². The molecule has 0 aliphatic rings. The Morgan fingerprint density at radius 1 is 1.05 bits per heavy atom. The third kappa shape index (κ3) is 3.64. The lowest BCUT2D eigenvalue weighted by molar-refractivity contribution is -0.137. The van der Waals surface area contributed by atoms with Crippen molar-refractivity contribution in [2.75, 3.05) is 0 Å². The lowest BCUT2D eigenvalue weighted by Gasteiger charge is -2.12. The number of carbonyl (C=O) groups is 1. The molecule has 0 amide bonds. The summed E-state index contributed by atoms with van der Waals surface area (Å²) in [4.78, 5) is 10.8. The first-order valence-corrected chi connectivity index (χ1v) is 6.51. The molecule has 2 aromatic carbocycles. The van der Waals surface area contributed by atoms with E-state index in [2.05, 4.69) is 0 Å². The standard InChI is InChI=1S/C14H7Cl2F3O3/c15-10-3-2-8(6-9(10)14(17,18)19)22-12-4-1-7(13(20)21)5-11(12)16/h1-6H,(H,20,21). The summed E-state index contributed by atoms with van der Waals surface area (Å²) in [5.41, 5.74) is -1.10. The highest BCUT2D eigenvalue weighted by Crippen LogP contribution is 2.38. The largest absolute Gasteiger partial charge is 0.478 e. The smallest absolute Gasteiger partial charge is 0.417 e. The molecule has 22 heavy (non-hydrogen) atoms. The van der Waals surface area contributed by atoms with Crippen LogP contribution in [0.3, 0.4) is 0 Å². The van der Waals surface area contributed by atoms with Gasteiger partial charge in [-0.25, -0.2) is 4.79 Å². The second kappa shape index (κ2) is 6.06. The van der Waals surface area contributed by atoms with Crippen LogP contribution in [0.25, 0.3) is 0 Å². The molecule has 0 spiro atoms. The van der Waals surface area contributed by atoms with E-state index in [1.807, 2.05) is 0 Å². The van der Waals surface area contributed by atoms with E-state index in [0.717, 1.165) is 18.2 Å². The Kier molecular flexibility index (Phi) is 4.53. The summed E-state index contributed by atoms with van der Waals surface area (Å²) < 4.78 is 43.5. The van der Waals surface area contributed by atoms with E-state index >= 15 is 0 Å². The van der Waals surface area contributed by atoms with Crippen LogP contribution in [-0.2, 0) is 6.18 Å². The molecule has 8 heteroatoms. The molecular formula is C14H7Cl2F3O3. The number of rotatable bonds is 3. The molecular weight excluding hydrogens is 344 g/mol. The number of aromatic carboxylic acids is 1. The molecule has 2 rings (SSSR count). The van der Waals surface area contributed by atoms with Gasteiger partial charge in [0.1, 0.15) is 11.5 Å². The van der Waals surface area contributed by atoms with Gasteiger partial charge in [0, 0.05) is 0 Å². The molecule has 0 bridgehead atoms. The molecule has 1 N–H and O–H groups in total. The van der Waals surface area contributed by atoms with E-state index in [-0.39, 0.29) is 22.1 Å². The van der Waals surface area contributed by atoms with Crippen LogP contribution in [0.15, 0.2) is 36.4 Å². The van der Waals surface area contributed by atoms with Crippen molar-refractivity contribution < 1.29 is 27.8 Å². The number of halogens is 5. The summed E-state index contributed by atoms with van der Waals surface area (Å²) in [6, 6.07) is 6.67. The predicted octanol–water partition coefficient (Wildman–Crippen LogP) is 5.50. The Balaban J connectivity index is 2.34. The number of carboxylic acid groups (broad SMARTS) is 1. The van der Waals surface area contributed by atoms with Gasteiger partial charge in [-0.2, -0.15) is 13.2 Å². The van der Waals surface area contributed by atoms with Crippen LogP contribution >= 0.6 is 23.2 Å². The Morgan fingerprint density at radius 3 is 2.27 bits per heavy atom. The fourth-order valence-corrected chi connectivity index (χ4v) is 2.07. The second-order valence-corrected chi connectivity index (χ2v) is 5.01. The van der Waals surface area contributed by atoms with E-state index in [0.29, 0.717) is 0 Å². The van der Waals surface area contributed by atoms with Crippen molar-refractivity contribution in [3.8, 4) is 11.5 Å². The average Bonchev–Trinajstić information content (AvgIpc) is 2.41. The molecule has 0 heterocycles. The van der Waals surface area contributed by atoms with Gasteiger partial charge >= 0.3 is 12.1 Å². The fraction of sp³-hybridized carbons (Fsp3) is 0.0714. The fourth-order valence-electron chi connectivity index (χ4n) is 1.63. The molecule has 0 radical (unpaired) electrons. The molecule has 0 saturated heterocycles. The zero-order chi connectivity index (χ0) is 16.5. The molecule has 0 fully saturated rings. The maximum Gasteiger partial charge on any atom is 0.417 e. The van der Waals surface area contributed by atoms with E-state index < -0.39 is 22.7 Å². The molecule has 0 unspecified atom stereocenters. The van der Waals surface area contributed by atoms with Gasteiger partial charge < -0.3 is 9.84 Å². The molecule has 116 valence electrons. The van der Waals surface area contributed by atoms with Crippen LogP contribution in [0.4, 0.5) is 13.2 Å². The number of hydrogen-bond acceptors (Lipinski definition) is 2. The van der Waals surface area contributed by atoms with E-state index in [1.54, 1.807) is 0 Å². The topological polar surface area (TPSA) is 46.5 Å². The summed E-state index contributed by atoms with van der Waals surface area (Å²) in [7, 11) is 0. The van der Waals surface area contributed by atoms with Crippen molar-refractivity contribution in [1.82, 2.24) is 0 Å². The van der Waals surface area contributed by atoms with Crippen LogP contribution < -0.4 is 4.74 Å². The zero-order valence-corrected chi connectivity index (χ0v) is 12.1. The van der Waals surface area contributed by atoms with Gasteiger partial charge in [-0.3, -0.25) is 0 Å². The van der Waals surface area contributed by atoms with E-state index in [9.17, 15) is 18.0 Å². The molecule has 0 atom stereocenters. The summed E-state index contributed by atoms with van der Waals surface area (Å²) in [5, 5.41) is 8.32. The molecule has 3 nitrogen and oxygen atoms in total. The van der Waals surface area contributed by atoms with Gasteiger partial charge in [0.15, 0.2) is 0 Å². The van der Waals surface area contributed by atoms with Crippen molar-refractivity contribution >= 4 is 29.2 Å². The minimum atomic E-state index is -4.62. The Morgan fingerprint density at radius 2 is 1.73 bits per heavy atom. The zero-order valence-electron chi connectivity index (χ0n) is 10.6. The third-order valence-electron chi connectivity index (χ3n) is 2.65. The first kappa shape index (κ1) is 16.5. The number of hydrogen-bond donors (Lipinski definition) is 1. The lowest BCUT2D eigenvalue weighted by atomic mass is 10.2. The SMILES string of the molecule is O=C(O)c1ccc(Oc2ccc(Cl)c(C(F)(F)F)c2)c(Cl)c1. The lowest BCUT2D eigenvalue weighted by Crippen LogP contribution is -2.06. The van der Waals surface area contributed by atoms with Gasteiger partial charge in [-0.05, 0) is 36.4 Å². The van der Waals surface area contributed by atoms with Crippen molar-refractivity contribution in [3.63, 3.8) is 0 Å². The number of benzene rings is 2. The Labute approximate surface area is 132 Å². The highest BCUT2D eigenvalue weighted by atomic mass is 35.5. The molecule has 0 saturated carbocycles. The van der Waals surface area contributed by atoms with Crippen LogP contribution in [0.5, 0.6) is 11.5 Å². The average molecular weight is 351 g/mol. The minimum absolute atomic E-state index is 0.0297. The summed E-state index contributed by atoms with van der Waals surface area (Å²) >= 11 is 11.4. The summed E-state index contributed by atoms with van der Waals surface area (Å²) in [6.07, 6.45) is -4.62. The second-order valence-electron chi connectivity index (χ2n) is 4.19. The highest BCUT2D eigenvalue weighted by Gasteiger charge is 2.33. The van der Waals surface area contributed by atoms with E-state index in [4.69, 9.17) is 33.0 Å². The number of alkyl halides is 3. The quantitative estimate of drug-likeness (QED) is 0.794. The Bertz CT molecular complexity index is 730. The van der Waals surface area contributed by atoms with Crippen molar-refractivity contribution in [2.45, 2.75) is 6.18 Å². The monoisotopic (exact) mass is 350 g/mol. The first-order valence-electron chi connectivity index (χ1n) is 5.76. The Hall–Kier alpha value is -1.92. The van der Waals surface area contributed by atoms with Crippen LogP contribution in [0.2, 0.25) is 10.0 Å². The minimum Gasteiger partial charge on any atom is -0.478 e. The molecule has 0 aliphatic heterocycles. The molecule has 0 aromatic heterocycles. The number of ether oxygens (including phenoxy) is 1. The molecule has 0 aliphatic carbocycles. The maximum atomic E-state index is 12.8. The van der Waals surface area contributed by atoms with Crippen molar-refractivity contribution in [3.05, 3.63) is 57.6 Å². The maximum absolute atomic E-state index is 12.8. The summed E-state index contributed by atoms with van der Waals surface area (Å²) in [6.45, 7) is 0. The predicted molar refractivity (Wildman–Crippen MR) is 74.9 cm³/mol. The van der Waals surface area contributed by atoms with Crippen LogP contribution in [-0.4, -0.2) is 11.1 Å². The normalized spacial score (nSPS) is 11.3. The number of carboxylic acids is 1. The summed E-state index contributed by atoms with van der Waals surface area (Å²) in [5.74, 6) is -1.27.